The smallest absolute Gasteiger partial charge is 0.271 e. The van der Waals surface area contributed by atoms with Gasteiger partial charge in [-0.05, 0) is 60.2 Å². The Morgan fingerprint density at radius 1 is 1.17 bits per heavy atom. The number of carbonyl (C=O) groups is 1. The fourth-order valence-corrected chi connectivity index (χ4v) is 4.49. The Morgan fingerprint density at radius 2 is 2.00 bits per heavy atom. The van der Waals surface area contributed by atoms with E-state index < -0.39 is 0 Å². The molecule has 3 heterocycles. The molecule has 0 bridgehead atoms. The predicted octanol–water partition coefficient (Wildman–Crippen LogP) is 5.09. The molecule has 0 N–H and O–H groups in total. The van der Waals surface area contributed by atoms with Gasteiger partial charge in [0.15, 0.2) is 0 Å². The number of nitrogens with zero attached hydrogens (tertiary/aromatic N) is 3. The van der Waals surface area contributed by atoms with Crippen LogP contribution >= 0.6 is 11.3 Å². The Bertz CT molecular complexity index is 1150. The van der Waals surface area contributed by atoms with Crippen LogP contribution < -0.4 is 0 Å². The molecule has 1 aliphatic rings. The molecule has 6 heteroatoms. The number of carbonyl (C=O) groups excluding carboxylic acids is 1. The summed E-state index contributed by atoms with van der Waals surface area (Å²) >= 11 is 1.63. The highest BCUT2D eigenvalue weighted by molar-refractivity contribution is 7.17. The van der Waals surface area contributed by atoms with Crippen LogP contribution in [0.25, 0.3) is 10.2 Å². The van der Waals surface area contributed by atoms with Crippen molar-refractivity contribution in [3.05, 3.63) is 88.9 Å². The lowest BCUT2D eigenvalue weighted by molar-refractivity contribution is 0.0717. The molecule has 1 aromatic carbocycles. The van der Waals surface area contributed by atoms with Crippen LogP contribution in [0.4, 0.5) is 4.39 Å². The van der Waals surface area contributed by atoms with E-state index in [1.54, 1.807) is 29.7 Å². The molecule has 1 aliphatic carbocycles. The Hall–Kier alpha value is -2.99. The molecule has 0 radical (unpaired) electrons. The molecule has 1 fully saturated rings. The molecule has 1 saturated carbocycles. The average Bonchev–Trinajstić information content (AvgIpc) is 3.38. The monoisotopic (exact) mass is 405 g/mol. The molecule has 0 aliphatic heterocycles. The summed E-state index contributed by atoms with van der Waals surface area (Å²) in [5.74, 6) is -0.225. The summed E-state index contributed by atoms with van der Waals surface area (Å²) in [6.07, 6.45) is 3.83. The molecule has 5 rings (SSSR count). The van der Waals surface area contributed by atoms with Crippen molar-refractivity contribution in [2.45, 2.75) is 32.0 Å². The Balaban J connectivity index is 1.50. The van der Waals surface area contributed by atoms with Crippen molar-refractivity contribution in [2.75, 3.05) is 0 Å². The zero-order chi connectivity index (χ0) is 19.8. The van der Waals surface area contributed by atoms with E-state index in [-0.39, 0.29) is 17.8 Å². The van der Waals surface area contributed by atoms with Crippen molar-refractivity contribution in [1.29, 1.82) is 0 Å². The van der Waals surface area contributed by atoms with Gasteiger partial charge in [-0.15, -0.1) is 11.3 Å². The lowest BCUT2D eigenvalue weighted by Crippen LogP contribution is -2.34. The van der Waals surface area contributed by atoms with Crippen molar-refractivity contribution in [2.24, 2.45) is 0 Å². The van der Waals surface area contributed by atoms with Crippen molar-refractivity contribution in [1.82, 2.24) is 14.5 Å². The quantitative estimate of drug-likeness (QED) is 0.448. The number of amides is 1. The summed E-state index contributed by atoms with van der Waals surface area (Å²) in [7, 11) is 0. The maximum Gasteiger partial charge on any atom is 0.271 e. The standard InChI is InChI=1S/C23H20FN3OS/c24-17-6-4-16(5-7-17)14-27-20-10-12-29-22(20)13-21(27)23(28)26(19-8-9-19)15-18-3-1-2-11-25-18/h1-7,10-13,19H,8-9,14-15H2. The van der Waals surface area contributed by atoms with E-state index in [1.807, 2.05) is 40.6 Å². The van der Waals surface area contributed by atoms with E-state index in [4.69, 9.17) is 0 Å². The molecule has 0 saturated heterocycles. The summed E-state index contributed by atoms with van der Waals surface area (Å²) in [5, 5.41) is 2.03. The second-order valence-electron chi connectivity index (χ2n) is 7.40. The maximum atomic E-state index is 13.6. The SMILES string of the molecule is O=C(c1cc2sccc2n1Cc1ccc(F)cc1)N(Cc1ccccn1)C1CC1. The van der Waals surface area contributed by atoms with Gasteiger partial charge in [-0.25, -0.2) is 4.39 Å². The van der Waals surface area contributed by atoms with Gasteiger partial charge in [0.25, 0.3) is 5.91 Å². The van der Waals surface area contributed by atoms with Crippen LogP contribution in [-0.2, 0) is 13.1 Å². The van der Waals surface area contributed by atoms with Crippen molar-refractivity contribution >= 4 is 27.5 Å². The first-order valence-electron chi connectivity index (χ1n) is 9.71. The second kappa shape index (κ2) is 7.44. The van der Waals surface area contributed by atoms with Gasteiger partial charge in [-0.1, -0.05) is 18.2 Å². The van der Waals surface area contributed by atoms with Crippen LogP contribution in [0.1, 0.15) is 34.6 Å². The van der Waals surface area contributed by atoms with E-state index >= 15 is 0 Å². The number of benzene rings is 1. The number of aromatic nitrogens is 2. The van der Waals surface area contributed by atoms with Gasteiger partial charge in [-0.2, -0.15) is 0 Å². The van der Waals surface area contributed by atoms with Crippen molar-refractivity contribution in [3.8, 4) is 0 Å². The van der Waals surface area contributed by atoms with Gasteiger partial charge in [0.2, 0.25) is 0 Å². The van der Waals surface area contributed by atoms with Gasteiger partial charge >= 0.3 is 0 Å². The maximum absolute atomic E-state index is 13.6. The zero-order valence-electron chi connectivity index (χ0n) is 15.8. The predicted molar refractivity (Wildman–Crippen MR) is 112 cm³/mol. The summed E-state index contributed by atoms with van der Waals surface area (Å²) in [4.78, 5) is 19.9. The minimum Gasteiger partial charge on any atom is -0.331 e. The first-order valence-corrected chi connectivity index (χ1v) is 10.6. The molecular weight excluding hydrogens is 385 g/mol. The van der Waals surface area contributed by atoms with E-state index in [0.717, 1.165) is 34.3 Å². The third kappa shape index (κ3) is 3.68. The number of fused-ring (bicyclic) bond motifs is 1. The fourth-order valence-electron chi connectivity index (χ4n) is 3.66. The summed E-state index contributed by atoms with van der Waals surface area (Å²) in [6, 6.07) is 16.6. The molecule has 3 aromatic heterocycles. The first kappa shape index (κ1) is 18.1. The van der Waals surface area contributed by atoms with E-state index in [2.05, 4.69) is 9.55 Å². The van der Waals surface area contributed by atoms with Gasteiger partial charge < -0.3 is 9.47 Å². The Labute approximate surface area is 172 Å². The van der Waals surface area contributed by atoms with Crippen LogP contribution in [-0.4, -0.2) is 26.4 Å². The minimum absolute atomic E-state index is 0.0312. The van der Waals surface area contributed by atoms with Crippen LogP contribution in [0.2, 0.25) is 0 Å². The molecule has 1 amide bonds. The lowest BCUT2D eigenvalue weighted by Gasteiger charge is -2.23. The van der Waals surface area contributed by atoms with Crippen LogP contribution in [0.5, 0.6) is 0 Å². The number of pyridine rings is 1. The van der Waals surface area contributed by atoms with Crippen molar-refractivity contribution < 1.29 is 9.18 Å². The number of hydrogen-bond acceptors (Lipinski definition) is 3. The highest BCUT2D eigenvalue weighted by atomic mass is 32.1. The molecule has 146 valence electrons. The highest BCUT2D eigenvalue weighted by Crippen LogP contribution is 2.32. The first-order chi connectivity index (χ1) is 14.2. The highest BCUT2D eigenvalue weighted by Gasteiger charge is 2.35. The van der Waals surface area contributed by atoms with E-state index in [9.17, 15) is 9.18 Å². The largest absolute Gasteiger partial charge is 0.331 e. The Kier molecular flexibility index (Phi) is 4.64. The normalized spacial score (nSPS) is 13.7. The summed E-state index contributed by atoms with van der Waals surface area (Å²) < 4.78 is 16.5. The zero-order valence-corrected chi connectivity index (χ0v) is 16.6. The summed E-state index contributed by atoms with van der Waals surface area (Å²) in [6.45, 7) is 1.05. The number of thiophene rings is 1. The minimum atomic E-state index is -0.256. The van der Waals surface area contributed by atoms with Gasteiger partial charge in [0.05, 0.1) is 22.5 Å². The number of halogens is 1. The van der Waals surface area contributed by atoms with Gasteiger partial charge in [-0.3, -0.25) is 9.78 Å². The van der Waals surface area contributed by atoms with Crippen molar-refractivity contribution in [3.63, 3.8) is 0 Å². The molecule has 0 unspecified atom stereocenters. The number of hydrogen-bond donors (Lipinski definition) is 0. The molecule has 4 nitrogen and oxygen atoms in total. The third-order valence-electron chi connectivity index (χ3n) is 5.30. The van der Waals surface area contributed by atoms with Gasteiger partial charge in [0, 0.05) is 18.8 Å². The van der Waals surface area contributed by atoms with Crippen LogP contribution in [0.15, 0.2) is 66.2 Å². The molecular formula is C23H20FN3OS. The van der Waals surface area contributed by atoms with E-state index in [1.165, 1.54) is 12.1 Å². The fraction of sp³-hybridized carbons (Fsp3) is 0.217. The lowest BCUT2D eigenvalue weighted by atomic mass is 10.2. The third-order valence-corrected chi connectivity index (χ3v) is 6.16. The molecule has 29 heavy (non-hydrogen) atoms. The van der Waals surface area contributed by atoms with Crippen LogP contribution in [0, 0.1) is 5.82 Å². The molecule has 0 spiro atoms. The average molecular weight is 405 g/mol. The summed E-state index contributed by atoms with van der Waals surface area (Å²) in [5.41, 5.74) is 3.58. The second-order valence-corrected chi connectivity index (χ2v) is 8.35. The van der Waals surface area contributed by atoms with E-state index in [0.29, 0.717) is 18.8 Å². The van der Waals surface area contributed by atoms with Gasteiger partial charge in [0.1, 0.15) is 11.5 Å². The molecule has 4 aromatic rings. The van der Waals surface area contributed by atoms with Crippen LogP contribution in [0.3, 0.4) is 0 Å². The molecule has 0 atom stereocenters. The topological polar surface area (TPSA) is 38.1 Å². The Morgan fingerprint density at radius 3 is 2.72 bits per heavy atom. The number of rotatable bonds is 6.